The lowest BCUT2D eigenvalue weighted by molar-refractivity contribution is 0.419. The third-order valence-electron chi connectivity index (χ3n) is 5.06. The number of rotatable bonds is 4. The van der Waals surface area contributed by atoms with Gasteiger partial charge in [0.1, 0.15) is 5.15 Å². The molecule has 2 aliphatic rings. The summed E-state index contributed by atoms with van der Waals surface area (Å²) in [5, 5.41) is 0.371. The zero-order valence-electron chi connectivity index (χ0n) is 13.8. The highest BCUT2D eigenvalue weighted by Crippen LogP contribution is 2.43. The minimum Gasteiger partial charge on any atom is -0.320 e. The van der Waals surface area contributed by atoms with E-state index in [1.807, 2.05) is 15.5 Å². The predicted molar refractivity (Wildman–Crippen MR) is 108 cm³/mol. The van der Waals surface area contributed by atoms with E-state index in [0.717, 1.165) is 34.0 Å². The first-order valence-corrected chi connectivity index (χ1v) is 10.5. The van der Waals surface area contributed by atoms with Crippen LogP contribution in [0.15, 0.2) is 32.1 Å². The molecule has 4 rings (SSSR count). The van der Waals surface area contributed by atoms with Crippen LogP contribution in [0.3, 0.4) is 0 Å². The van der Waals surface area contributed by atoms with Crippen LogP contribution in [0, 0.1) is 5.92 Å². The zero-order chi connectivity index (χ0) is 17.7. The summed E-state index contributed by atoms with van der Waals surface area (Å²) >= 11 is 13.5. The Morgan fingerprint density at radius 3 is 2.80 bits per heavy atom. The predicted octanol–water partition coefficient (Wildman–Crippen LogP) is 5.48. The van der Waals surface area contributed by atoms with Gasteiger partial charge in [0.05, 0.1) is 5.69 Å². The van der Waals surface area contributed by atoms with Gasteiger partial charge in [-0.15, -0.1) is 0 Å². The summed E-state index contributed by atoms with van der Waals surface area (Å²) in [4.78, 5) is 19.6. The van der Waals surface area contributed by atoms with Crippen LogP contribution in [0.4, 0.5) is 11.5 Å². The quantitative estimate of drug-likeness (QED) is 0.574. The van der Waals surface area contributed by atoms with Crippen molar-refractivity contribution in [3.05, 3.63) is 48.3 Å². The van der Waals surface area contributed by atoms with Crippen molar-refractivity contribution in [3.63, 3.8) is 0 Å². The normalized spacial score (nSPS) is 17.7. The molecular weight excluding hydrogens is 469 g/mol. The third-order valence-corrected chi connectivity index (χ3v) is 6.31. The van der Waals surface area contributed by atoms with E-state index < -0.39 is 0 Å². The molecule has 7 heteroatoms. The van der Waals surface area contributed by atoms with Gasteiger partial charge in [-0.1, -0.05) is 34.5 Å². The Hall–Kier alpha value is -0.850. The van der Waals surface area contributed by atoms with Gasteiger partial charge >= 0.3 is 0 Å². The Morgan fingerprint density at radius 2 is 2.12 bits per heavy atom. The molecule has 0 N–H and O–H groups in total. The molecule has 132 valence electrons. The lowest BCUT2D eigenvalue weighted by Gasteiger charge is -2.23. The van der Waals surface area contributed by atoms with Crippen LogP contribution in [0.5, 0.6) is 0 Å². The van der Waals surface area contributed by atoms with E-state index in [9.17, 15) is 4.79 Å². The SMILES string of the molecule is CC[C@@H](C1CC1)n1cc(Cl)nc(N2CCc3cc(Br)cc(Br)c32)c1=O. The van der Waals surface area contributed by atoms with Crippen molar-refractivity contribution >= 4 is 55.0 Å². The number of hydrogen-bond acceptors (Lipinski definition) is 3. The number of anilines is 2. The summed E-state index contributed by atoms with van der Waals surface area (Å²) in [6, 6.07) is 4.31. The van der Waals surface area contributed by atoms with Crippen molar-refractivity contribution < 1.29 is 0 Å². The lowest BCUT2D eigenvalue weighted by atomic mass is 10.1. The molecule has 0 amide bonds. The van der Waals surface area contributed by atoms with Gasteiger partial charge in [0.25, 0.3) is 5.56 Å². The van der Waals surface area contributed by atoms with Crippen molar-refractivity contribution in [2.75, 3.05) is 11.4 Å². The molecule has 1 atom stereocenters. The Morgan fingerprint density at radius 1 is 1.36 bits per heavy atom. The number of halogens is 3. The molecule has 2 heterocycles. The Labute approximate surface area is 168 Å². The van der Waals surface area contributed by atoms with Gasteiger partial charge in [-0.2, -0.15) is 0 Å². The van der Waals surface area contributed by atoms with Gasteiger partial charge in [-0.25, -0.2) is 4.98 Å². The topological polar surface area (TPSA) is 38.1 Å². The molecule has 0 unspecified atom stereocenters. The van der Waals surface area contributed by atoms with Gasteiger partial charge in [-0.3, -0.25) is 4.79 Å². The number of fused-ring (bicyclic) bond motifs is 1. The standard InChI is InChI=1S/C18H18Br2ClN3O/c1-2-14(10-3-4-10)24-9-15(21)22-17(18(24)25)23-6-5-11-7-12(19)8-13(20)16(11)23/h7-10,14H,2-6H2,1H3/t14-/m0/s1. The summed E-state index contributed by atoms with van der Waals surface area (Å²) < 4.78 is 3.79. The fourth-order valence-electron chi connectivity index (χ4n) is 3.80. The Kier molecular flexibility index (Phi) is 4.71. The molecule has 0 radical (unpaired) electrons. The summed E-state index contributed by atoms with van der Waals surface area (Å²) in [7, 11) is 0. The third kappa shape index (κ3) is 3.17. The van der Waals surface area contributed by atoms with Gasteiger partial charge in [0, 0.05) is 27.7 Å². The molecule has 0 saturated heterocycles. The molecule has 0 spiro atoms. The smallest absolute Gasteiger partial charge is 0.294 e. The molecule has 1 aliphatic carbocycles. The summed E-state index contributed by atoms with van der Waals surface area (Å²) in [6.07, 6.45) is 5.88. The van der Waals surface area contributed by atoms with Gasteiger partial charge in [0.15, 0.2) is 0 Å². The van der Waals surface area contributed by atoms with Gasteiger partial charge < -0.3 is 9.47 Å². The molecule has 1 saturated carbocycles. The molecule has 1 fully saturated rings. The van der Waals surface area contributed by atoms with E-state index >= 15 is 0 Å². The van der Waals surface area contributed by atoms with E-state index in [1.165, 1.54) is 18.4 Å². The summed E-state index contributed by atoms with van der Waals surface area (Å²) in [6.45, 7) is 2.86. The second-order valence-corrected chi connectivity index (χ2v) is 8.87. The van der Waals surface area contributed by atoms with Crippen LogP contribution in [0.25, 0.3) is 0 Å². The maximum Gasteiger partial charge on any atom is 0.294 e. The van der Waals surface area contributed by atoms with E-state index in [0.29, 0.717) is 16.9 Å². The lowest BCUT2D eigenvalue weighted by Crippen LogP contribution is -2.32. The van der Waals surface area contributed by atoms with Crippen LogP contribution in [-0.2, 0) is 6.42 Å². The first kappa shape index (κ1) is 17.6. The van der Waals surface area contributed by atoms with E-state index in [2.05, 4.69) is 49.8 Å². The molecule has 1 aromatic carbocycles. The van der Waals surface area contributed by atoms with E-state index in [4.69, 9.17) is 11.6 Å². The molecule has 1 aliphatic heterocycles. The molecular formula is C18H18Br2ClN3O. The maximum absolute atomic E-state index is 13.2. The number of nitrogens with zero attached hydrogens (tertiary/aromatic N) is 3. The fourth-order valence-corrected chi connectivity index (χ4v) is 5.51. The fraction of sp³-hybridized carbons (Fsp3) is 0.444. The Balaban J connectivity index is 1.83. The van der Waals surface area contributed by atoms with Crippen molar-refractivity contribution in [3.8, 4) is 0 Å². The minimum absolute atomic E-state index is 0.0502. The number of aromatic nitrogens is 2. The zero-order valence-corrected chi connectivity index (χ0v) is 17.7. The highest BCUT2D eigenvalue weighted by Gasteiger charge is 2.34. The monoisotopic (exact) mass is 485 g/mol. The average molecular weight is 488 g/mol. The first-order chi connectivity index (χ1) is 12.0. The van der Waals surface area contributed by atoms with Crippen LogP contribution in [0.2, 0.25) is 5.15 Å². The van der Waals surface area contributed by atoms with Crippen molar-refractivity contribution in [2.45, 2.75) is 38.6 Å². The molecule has 25 heavy (non-hydrogen) atoms. The molecule has 0 bridgehead atoms. The highest BCUT2D eigenvalue weighted by atomic mass is 79.9. The summed E-state index contributed by atoms with van der Waals surface area (Å²) in [5.41, 5.74) is 2.16. The maximum atomic E-state index is 13.2. The van der Waals surface area contributed by atoms with Gasteiger partial charge in [0.2, 0.25) is 5.82 Å². The average Bonchev–Trinajstić information content (AvgIpc) is 3.30. The van der Waals surface area contributed by atoms with Crippen LogP contribution >= 0.6 is 43.5 Å². The van der Waals surface area contributed by atoms with E-state index in [1.54, 1.807) is 6.20 Å². The van der Waals surface area contributed by atoms with Crippen molar-refractivity contribution in [1.29, 1.82) is 0 Å². The van der Waals surface area contributed by atoms with E-state index in [-0.39, 0.29) is 11.6 Å². The van der Waals surface area contributed by atoms with Gasteiger partial charge in [-0.05, 0) is 65.2 Å². The van der Waals surface area contributed by atoms with Crippen LogP contribution in [-0.4, -0.2) is 16.1 Å². The van der Waals surface area contributed by atoms with Crippen LogP contribution < -0.4 is 10.5 Å². The minimum atomic E-state index is -0.0502. The highest BCUT2D eigenvalue weighted by molar-refractivity contribution is 9.11. The number of benzene rings is 1. The largest absolute Gasteiger partial charge is 0.320 e. The van der Waals surface area contributed by atoms with Crippen LogP contribution in [0.1, 0.15) is 37.8 Å². The molecule has 1 aromatic heterocycles. The van der Waals surface area contributed by atoms with Crippen molar-refractivity contribution in [1.82, 2.24) is 9.55 Å². The first-order valence-electron chi connectivity index (χ1n) is 8.53. The summed E-state index contributed by atoms with van der Waals surface area (Å²) in [5.74, 6) is 1.01. The second kappa shape index (κ2) is 6.71. The molecule has 4 nitrogen and oxygen atoms in total. The molecule has 2 aromatic rings. The Bertz CT molecular complexity index is 895. The number of hydrogen-bond donors (Lipinski definition) is 0. The van der Waals surface area contributed by atoms with Crippen molar-refractivity contribution in [2.24, 2.45) is 5.92 Å². The second-order valence-electron chi connectivity index (χ2n) is 6.71.